The van der Waals surface area contributed by atoms with Crippen LogP contribution < -0.4 is 5.56 Å². The molecule has 0 bridgehead atoms. The largest absolute Gasteiger partial charge is 0.342 e. The maximum atomic E-state index is 13.2. The fraction of sp³-hybridized carbons (Fsp3) is 0.348. The maximum absolute atomic E-state index is 13.2. The van der Waals surface area contributed by atoms with Crippen molar-refractivity contribution >= 4 is 28.6 Å². The molecular formula is C23H25N3O2S. The summed E-state index contributed by atoms with van der Waals surface area (Å²) in [6.45, 7) is 4.00. The van der Waals surface area contributed by atoms with Gasteiger partial charge in [0.1, 0.15) is 0 Å². The third-order valence-corrected chi connectivity index (χ3v) is 6.39. The fourth-order valence-corrected chi connectivity index (χ4v) is 4.71. The molecule has 0 radical (unpaired) electrons. The summed E-state index contributed by atoms with van der Waals surface area (Å²) < 4.78 is 1.70. The Labute approximate surface area is 174 Å². The number of amides is 1. The molecule has 1 fully saturated rings. The van der Waals surface area contributed by atoms with Gasteiger partial charge in [-0.25, -0.2) is 4.98 Å². The van der Waals surface area contributed by atoms with Gasteiger partial charge in [-0.1, -0.05) is 54.2 Å². The number of likely N-dealkylation sites (tertiary alicyclic amines) is 1. The number of hydrogen-bond donors (Lipinski definition) is 0. The Morgan fingerprint density at radius 3 is 2.48 bits per heavy atom. The minimum Gasteiger partial charge on any atom is -0.342 e. The lowest BCUT2D eigenvalue weighted by molar-refractivity contribution is -0.131. The molecule has 1 atom stereocenters. The lowest BCUT2D eigenvalue weighted by atomic mass is 10.1. The number of hydrogen-bond acceptors (Lipinski definition) is 4. The van der Waals surface area contributed by atoms with E-state index in [2.05, 4.69) is 0 Å². The summed E-state index contributed by atoms with van der Waals surface area (Å²) in [5.74, 6) is 0.128. The van der Waals surface area contributed by atoms with Crippen LogP contribution in [0.25, 0.3) is 10.9 Å². The molecule has 150 valence electrons. The van der Waals surface area contributed by atoms with Gasteiger partial charge in [0.2, 0.25) is 5.91 Å². The zero-order chi connectivity index (χ0) is 20.2. The highest BCUT2D eigenvalue weighted by atomic mass is 32.2. The predicted octanol–water partition coefficient (Wildman–Crippen LogP) is 3.94. The van der Waals surface area contributed by atoms with E-state index >= 15 is 0 Å². The van der Waals surface area contributed by atoms with Crippen LogP contribution in [-0.2, 0) is 11.3 Å². The Bertz CT molecular complexity index is 1060. The Balaban J connectivity index is 1.68. The van der Waals surface area contributed by atoms with Crippen molar-refractivity contribution in [2.24, 2.45) is 0 Å². The van der Waals surface area contributed by atoms with Gasteiger partial charge in [0, 0.05) is 13.1 Å². The van der Waals surface area contributed by atoms with Gasteiger partial charge >= 0.3 is 0 Å². The number of para-hydroxylation sites is 1. The molecule has 0 saturated carbocycles. The summed E-state index contributed by atoms with van der Waals surface area (Å²) in [4.78, 5) is 32.8. The number of carbonyl (C=O) groups excluding carboxylic acids is 1. The Kier molecular flexibility index (Phi) is 6.00. The first kappa shape index (κ1) is 19.7. The van der Waals surface area contributed by atoms with E-state index in [0.717, 1.165) is 31.5 Å². The average molecular weight is 408 g/mol. The smallest absolute Gasteiger partial charge is 0.262 e. The molecule has 1 amide bonds. The monoisotopic (exact) mass is 407 g/mol. The van der Waals surface area contributed by atoms with E-state index in [0.29, 0.717) is 22.6 Å². The van der Waals surface area contributed by atoms with E-state index in [4.69, 9.17) is 4.98 Å². The second kappa shape index (κ2) is 8.82. The number of thioether (sulfide) groups is 1. The highest BCUT2D eigenvalue weighted by molar-refractivity contribution is 8.00. The molecule has 4 rings (SSSR count). The van der Waals surface area contributed by atoms with Gasteiger partial charge in [-0.3, -0.25) is 14.2 Å². The van der Waals surface area contributed by atoms with E-state index < -0.39 is 0 Å². The van der Waals surface area contributed by atoms with Gasteiger partial charge < -0.3 is 4.90 Å². The first-order chi connectivity index (χ1) is 14.1. The van der Waals surface area contributed by atoms with Crippen LogP contribution in [0.4, 0.5) is 0 Å². The van der Waals surface area contributed by atoms with Crippen molar-refractivity contribution in [2.45, 2.75) is 43.1 Å². The van der Waals surface area contributed by atoms with Gasteiger partial charge in [-0.2, -0.15) is 0 Å². The van der Waals surface area contributed by atoms with Gasteiger partial charge in [0.25, 0.3) is 5.56 Å². The minimum atomic E-state index is -0.289. The van der Waals surface area contributed by atoms with Crippen LogP contribution in [0.2, 0.25) is 0 Å². The molecular weight excluding hydrogens is 382 g/mol. The van der Waals surface area contributed by atoms with Crippen molar-refractivity contribution in [1.29, 1.82) is 0 Å². The molecule has 0 N–H and O–H groups in total. The summed E-state index contributed by atoms with van der Waals surface area (Å²) in [7, 11) is 0. The van der Waals surface area contributed by atoms with Crippen molar-refractivity contribution in [1.82, 2.24) is 14.5 Å². The second-order valence-corrected chi connectivity index (χ2v) is 8.74. The summed E-state index contributed by atoms with van der Waals surface area (Å²) >= 11 is 1.38. The third-order valence-electron chi connectivity index (χ3n) is 5.31. The van der Waals surface area contributed by atoms with Crippen LogP contribution in [0, 0.1) is 0 Å². The van der Waals surface area contributed by atoms with Crippen molar-refractivity contribution in [3.8, 4) is 0 Å². The normalized spacial score (nSPS) is 15.4. The van der Waals surface area contributed by atoms with Crippen LogP contribution in [0.1, 0.15) is 31.7 Å². The molecule has 0 spiro atoms. The molecule has 29 heavy (non-hydrogen) atoms. The molecule has 2 aromatic carbocycles. The van der Waals surface area contributed by atoms with Crippen LogP contribution in [0.3, 0.4) is 0 Å². The lowest BCUT2D eigenvalue weighted by Gasteiger charge is -2.29. The van der Waals surface area contributed by atoms with E-state index in [1.165, 1.54) is 18.2 Å². The molecule has 0 aliphatic carbocycles. The quantitative estimate of drug-likeness (QED) is 0.475. The summed E-state index contributed by atoms with van der Waals surface area (Å²) in [6, 6.07) is 17.3. The van der Waals surface area contributed by atoms with Crippen molar-refractivity contribution in [2.75, 3.05) is 13.1 Å². The number of nitrogens with zero attached hydrogens (tertiary/aromatic N) is 3. The van der Waals surface area contributed by atoms with Crippen LogP contribution in [0.5, 0.6) is 0 Å². The first-order valence-electron chi connectivity index (χ1n) is 10.1. The van der Waals surface area contributed by atoms with Gasteiger partial charge in [-0.05, 0) is 43.9 Å². The van der Waals surface area contributed by atoms with Crippen LogP contribution in [-0.4, -0.2) is 38.7 Å². The standard InChI is InChI=1S/C23H25N3O2S/c1-17(21(27)25-14-8-3-9-15-25)29-23-24-20-13-7-6-12-19(20)22(28)26(23)16-18-10-4-2-5-11-18/h2,4-7,10-13,17H,3,8-9,14-16H2,1H3. The molecule has 1 aromatic heterocycles. The number of carbonyl (C=O) groups is 1. The maximum Gasteiger partial charge on any atom is 0.262 e. The zero-order valence-corrected chi connectivity index (χ0v) is 17.4. The summed E-state index contributed by atoms with van der Waals surface area (Å²) in [5, 5.41) is 0.904. The first-order valence-corrected chi connectivity index (χ1v) is 11.0. The van der Waals surface area contributed by atoms with Crippen molar-refractivity contribution in [3.63, 3.8) is 0 Å². The number of piperidine rings is 1. The molecule has 1 unspecified atom stereocenters. The Morgan fingerprint density at radius 1 is 1.03 bits per heavy atom. The highest BCUT2D eigenvalue weighted by Crippen LogP contribution is 2.25. The second-order valence-electron chi connectivity index (χ2n) is 7.43. The lowest BCUT2D eigenvalue weighted by Crippen LogP contribution is -2.40. The SMILES string of the molecule is CC(Sc1nc2ccccc2c(=O)n1Cc1ccccc1)C(=O)N1CCCCC1. The zero-order valence-electron chi connectivity index (χ0n) is 16.6. The number of rotatable bonds is 5. The predicted molar refractivity (Wildman–Crippen MR) is 117 cm³/mol. The molecule has 1 aliphatic rings. The Hall–Kier alpha value is -2.60. The highest BCUT2D eigenvalue weighted by Gasteiger charge is 2.25. The number of fused-ring (bicyclic) bond motifs is 1. The molecule has 1 saturated heterocycles. The topological polar surface area (TPSA) is 55.2 Å². The average Bonchev–Trinajstić information content (AvgIpc) is 2.77. The number of benzene rings is 2. The fourth-order valence-electron chi connectivity index (χ4n) is 3.72. The van der Waals surface area contributed by atoms with E-state index in [1.54, 1.807) is 4.57 Å². The van der Waals surface area contributed by atoms with Crippen LogP contribution >= 0.6 is 11.8 Å². The molecule has 2 heterocycles. The minimum absolute atomic E-state index is 0.0698. The van der Waals surface area contributed by atoms with Crippen molar-refractivity contribution < 1.29 is 4.79 Å². The van der Waals surface area contributed by atoms with E-state index in [1.807, 2.05) is 66.4 Å². The Morgan fingerprint density at radius 2 is 1.72 bits per heavy atom. The summed E-state index contributed by atoms with van der Waals surface area (Å²) in [6.07, 6.45) is 3.32. The molecule has 5 nitrogen and oxygen atoms in total. The van der Waals surface area contributed by atoms with Crippen LogP contribution in [0.15, 0.2) is 64.5 Å². The third kappa shape index (κ3) is 4.37. The molecule has 3 aromatic rings. The van der Waals surface area contributed by atoms with Gasteiger partial charge in [0.05, 0.1) is 22.7 Å². The van der Waals surface area contributed by atoms with E-state index in [-0.39, 0.29) is 16.7 Å². The summed E-state index contributed by atoms with van der Waals surface area (Å²) in [5.41, 5.74) is 1.63. The van der Waals surface area contributed by atoms with Gasteiger partial charge in [-0.15, -0.1) is 0 Å². The van der Waals surface area contributed by atoms with Gasteiger partial charge in [0.15, 0.2) is 5.16 Å². The molecule has 6 heteroatoms. The van der Waals surface area contributed by atoms with Crippen molar-refractivity contribution in [3.05, 3.63) is 70.5 Å². The number of aromatic nitrogens is 2. The molecule has 1 aliphatic heterocycles. The van der Waals surface area contributed by atoms with E-state index in [9.17, 15) is 9.59 Å².